The molecule has 3 heterocycles. The molecule has 2 fully saturated rings. The maximum absolute atomic E-state index is 13.0. The summed E-state index contributed by atoms with van der Waals surface area (Å²) in [6.45, 7) is 4.45. The number of rotatable bonds is 4. The van der Waals surface area contributed by atoms with Crippen LogP contribution in [0.25, 0.3) is 0 Å². The molecule has 2 aliphatic carbocycles. The van der Waals surface area contributed by atoms with Gasteiger partial charge in [-0.15, -0.1) is 0 Å². The summed E-state index contributed by atoms with van der Waals surface area (Å²) >= 11 is 0. The number of nitrogens with one attached hydrogen (secondary N) is 1. The van der Waals surface area contributed by atoms with Crippen LogP contribution in [0.5, 0.6) is 0 Å². The SMILES string of the molecule is O=C(C1CC=CCC1)N1CCC(c2nc3c(c(=O)[nH]2)CN(CC2CCCCC2)CC3)CC1. The number of allylic oxidation sites excluding steroid dienone is 2. The van der Waals surface area contributed by atoms with Crippen molar-refractivity contribution in [3.63, 3.8) is 0 Å². The van der Waals surface area contributed by atoms with Gasteiger partial charge in [-0.1, -0.05) is 31.4 Å². The van der Waals surface area contributed by atoms with Gasteiger partial charge in [0.25, 0.3) is 5.56 Å². The van der Waals surface area contributed by atoms with Gasteiger partial charge in [-0.25, -0.2) is 4.98 Å². The molecule has 1 aromatic rings. The largest absolute Gasteiger partial charge is 0.342 e. The van der Waals surface area contributed by atoms with Crippen LogP contribution in [0.4, 0.5) is 0 Å². The van der Waals surface area contributed by atoms with Crippen LogP contribution in [0.15, 0.2) is 16.9 Å². The standard InChI is InChI=1S/C26H38N4O2/c31-25-22-18-29(17-19-7-3-1-4-8-19)14-13-23(22)27-24(28-25)20-11-15-30(16-12-20)26(32)21-9-5-2-6-10-21/h2,5,19-21H,1,3-4,6-18H2,(H,27,28,31). The van der Waals surface area contributed by atoms with E-state index in [2.05, 4.69) is 22.0 Å². The van der Waals surface area contributed by atoms with E-state index in [4.69, 9.17) is 4.98 Å². The second kappa shape index (κ2) is 9.90. The van der Waals surface area contributed by atoms with Crippen molar-refractivity contribution in [3.8, 4) is 0 Å². The van der Waals surface area contributed by atoms with E-state index in [0.717, 1.165) is 94.2 Å². The molecule has 1 saturated heterocycles. The number of aromatic amines is 1. The van der Waals surface area contributed by atoms with Gasteiger partial charge in [0, 0.05) is 51.0 Å². The van der Waals surface area contributed by atoms with Crippen molar-refractivity contribution in [1.29, 1.82) is 0 Å². The van der Waals surface area contributed by atoms with E-state index in [9.17, 15) is 9.59 Å². The summed E-state index contributed by atoms with van der Waals surface area (Å²) in [6, 6.07) is 0. The number of piperidine rings is 1. The van der Waals surface area contributed by atoms with Crippen LogP contribution in [-0.4, -0.2) is 51.9 Å². The van der Waals surface area contributed by atoms with Crippen molar-refractivity contribution in [3.05, 3.63) is 39.6 Å². The number of aromatic nitrogens is 2. The van der Waals surface area contributed by atoms with Gasteiger partial charge in [-0.2, -0.15) is 0 Å². The Morgan fingerprint density at radius 2 is 1.84 bits per heavy atom. The van der Waals surface area contributed by atoms with Crippen LogP contribution >= 0.6 is 0 Å². The summed E-state index contributed by atoms with van der Waals surface area (Å²) in [5, 5.41) is 0. The van der Waals surface area contributed by atoms with Gasteiger partial charge < -0.3 is 9.88 Å². The molecule has 5 rings (SSSR count). The molecule has 0 bridgehead atoms. The molecule has 0 spiro atoms. The van der Waals surface area contributed by atoms with Gasteiger partial charge in [0.15, 0.2) is 0 Å². The Morgan fingerprint density at radius 3 is 2.59 bits per heavy atom. The molecule has 0 aromatic carbocycles. The Balaban J connectivity index is 1.19. The predicted octanol–water partition coefficient (Wildman–Crippen LogP) is 3.77. The lowest BCUT2D eigenvalue weighted by Crippen LogP contribution is -2.42. The van der Waals surface area contributed by atoms with E-state index in [0.29, 0.717) is 5.91 Å². The normalized spacial score (nSPS) is 25.6. The molecule has 32 heavy (non-hydrogen) atoms. The van der Waals surface area contributed by atoms with Gasteiger partial charge in [-0.05, 0) is 50.9 Å². The third-order valence-corrected chi connectivity index (χ3v) is 8.22. The number of likely N-dealkylation sites (tertiary alicyclic amines) is 1. The maximum Gasteiger partial charge on any atom is 0.255 e. The van der Waals surface area contributed by atoms with Crippen LogP contribution in [0.3, 0.4) is 0 Å². The lowest BCUT2D eigenvalue weighted by molar-refractivity contribution is -0.136. The van der Waals surface area contributed by atoms with E-state index < -0.39 is 0 Å². The number of amides is 1. The van der Waals surface area contributed by atoms with Gasteiger partial charge in [0.1, 0.15) is 5.82 Å². The van der Waals surface area contributed by atoms with E-state index in [1.54, 1.807) is 0 Å². The molecule has 1 saturated carbocycles. The second-order valence-electron chi connectivity index (χ2n) is 10.4. The van der Waals surface area contributed by atoms with Gasteiger partial charge in [0.05, 0.1) is 11.3 Å². The van der Waals surface area contributed by atoms with Crippen molar-refractivity contribution in [2.75, 3.05) is 26.2 Å². The fraction of sp³-hybridized carbons (Fsp3) is 0.731. The fourth-order valence-electron chi connectivity index (χ4n) is 6.23. The Morgan fingerprint density at radius 1 is 1.03 bits per heavy atom. The quantitative estimate of drug-likeness (QED) is 0.727. The van der Waals surface area contributed by atoms with Crippen LogP contribution in [0.2, 0.25) is 0 Å². The minimum atomic E-state index is 0.0610. The summed E-state index contributed by atoms with van der Waals surface area (Å²) in [5.41, 5.74) is 1.95. The zero-order chi connectivity index (χ0) is 21.9. The Kier molecular flexibility index (Phi) is 6.77. The first-order chi connectivity index (χ1) is 15.7. The number of carbonyl (C=O) groups is 1. The number of fused-ring (bicyclic) bond motifs is 1. The number of hydrogen-bond acceptors (Lipinski definition) is 4. The molecule has 1 aromatic heterocycles. The minimum absolute atomic E-state index is 0.0610. The predicted molar refractivity (Wildman–Crippen MR) is 125 cm³/mol. The minimum Gasteiger partial charge on any atom is -0.342 e. The molecule has 1 N–H and O–H groups in total. The van der Waals surface area contributed by atoms with Gasteiger partial charge in [-0.3, -0.25) is 14.5 Å². The summed E-state index contributed by atoms with van der Waals surface area (Å²) < 4.78 is 0. The van der Waals surface area contributed by atoms with E-state index in [1.807, 2.05) is 4.90 Å². The molecule has 1 atom stereocenters. The van der Waals surface area contributed by atoms with Crippen molar-refractivity contribution in [1.82, 2.24) is 19.8 Å². The lowest BCUT2D eigenvalue weighted by Gasteiger charge is -2.35. The van der Waals surface area contributed by atoms with Crippen molar-refractivity contribution >= 4 is 5.91 Å². The zero-order valence-corrected chi connectivity index (χ0v) is 19.4. The molecular weight excluding hydrogens is 400 g/mol. The second-order valence-corrected chi connectivity index (χ2v) is 10.4. The molecule has 174 valence electrons. The third-order valence-electron chi connectivity index (χ3n) is 8.22. The lowest BCUT2D eigenvalue weighted by atomic mass is 9.88. The molecule has 0 radical (unpaired) electrons. The first kappa shape index (κ1) is 21.9. The third kappa shape index (κ3) is 4.85. The first-order valence-electron chi connectivity index (χ1n) is 13.0. The first-order valence-corrected chi connectivity index (χ1v) is 13.0. The topological polar surface area (TPSA) is 69.3 Å². The highest BCUT2D eigenvalue weighted by Gasteiger charge is 2.31. The average Bonchev–Trinajstić information content (AvgIpc) is 2.85. The highest BCUT2D eigenvalue weighted by Crippen LogP contribution is 2.30. The van der Waals surface area contributed by atoms with Crippen LogP contribution in [0.1, 0.15) is 87.2 Å². The highest BCUT2D eigenvalue weighted by molar-refractivity contribution is 5.79. The maximum atomic E-state index is 13.0. The number of nitrogens with zero attached hydrogens (tertiary/aromatic N) is 3. The molecule has 4 aliphatic rings. The van der Waals surface area contributed by atoms with Crippen LogP contribution in [0, 0.1) is 11.8 Å². The van der Waals surface area contributed by atoms with E-state index in [1.165, 1.54) is 32.1 Å². The Hall–Kier alpha value is -1.95. The molecular formula is C26H38N4O2. The average molecular weight is 439 g/mol. The molecule has 2 aliphatic heterocycles. The van der Waals surface area contributed by atoms with Crippen LogP contribution in [-0.2, 0) is 17.8 Å². The number of hydrogen-bond donors (Lipinski definition) is 1. The summed E-state index contributed by atoms with van der Waals surface area (Å²) in [6.07, 6.45) is 16.7. The molecule has 1 unspecified atom stereocenters. The summed E-state index contributed by atoms with van der Waals surface area (Å²) in [4.78, 5) is 38.4. The van der Waals surface area contributed by atoms with E-state index >= 15 is 0 Å². The smallest absolute Gasteiger partial charge is 0.255 e. The molecule has 6 heteroatoms. The van der Waals surface area contributed by atoms with Crippen molar-refractivity contribution < 1.29 is 4.79 Å². The summed E-state index contributed by atoms with van der Waals surface area (Å²) in [5.74, 6) is 2.38. The van der Waals surface area contributed by atoms with Crippen LogP contribution < -0.4 is 5.56 Å². The van der Waals surface area contributed by atoms with Gasteiger partial charge >= 0.3 is 0 Å². The Labute approximate surface area is 191 Å². The fourth-order valence-corrected chi connectivity index (χ4v) is 6.23. The highest BCUT2D eigenvalue weighted by atomic mass is 16.2. The number of carbonyl (C=O) groups excluding carboxylic acids is 1. The monoisotopic (exact) mass is 438 g/mol. The van der Waals surface area contributed by atoms with Crippen molar-refractivity contribution in [2.45, 2.75) is 83.1 Å². The molecule has 1 amide bonds. The summed E-state index contributed by atoms with van der Waals surface area (Å²) in [7, 11) is 0. The van der Waals surface area contributed by atoms with E-state index in [-0.39, 0.29) is 17.4 Å². The zero-order valence-electron chi connectivity index (χ0n) is 19.4. The van der Waals surface area contributed by atoms with Gasteiger partial charge in [0.2, 0.25) is 5.91 Å². The molecule has 6 nitrogen and oxygen atoms in total. The number of H-pyrrole nitrogens is 1. The Bertz CT molecular complexity index is 894. The van der Waals surface area contributed by atoms with Crippen molar-refractivity contribution in [2.24, 2.45) is 11.8 Å².